The van der Waals surface area contributed by atoms with Crippen LogP contribution in [-0.2, 0) is 4.79 Å². The fourth-order valence-corrected chi connectivity index (χ4v) is 4.21. The molecule has 0 saturated heterocycles. The number of alkyl halides is 3. The third-order valence-corrected chi connectivity index (χ3v) is 5.88. The Labute approximate surface area is 186 Å². The molecule has 0 bridgehead atoms. The van der Waals surface area contributed by atoms with E-state index >= 15 is 0 Å². The van der Waals surface area contributed by atoms with Gasteiger partial charge in [0.05, 0.1) is 5.25 Å². The first kappa shape index (κ1) is 21.9. The Morgan fingerprint density at radius 1 is 1.19 bits per heavy atom. The summed E-state index contributed by atoms with van der Waals surface area (Å²) in [7, 11) is 0. The van der Waals surface area contributed by atoms with Crippen LogP contribution in [0, 0.1) is 6.92 Å². The van der Waals surface area contributed by atoms with Crippen molar-refractivity contribution >= 4 is 28.6 Å². The average Bonchev–Trinajstić information content (AvgIpc) is 3.35. The number of rotatable bonds is 6. The van der Waals surface area contributed by atoms with Gasteiger partial charge in [-0.15, -0.1) is 10.2 Å². The lowest BCUT2D eigenvalue weighted by Gasteiger charge is -2.15. The number of halogens is 3. The highest BCUT2D eigenvalue weighted by Crippen LogP contribution is 2.33. The fraction of sp³-hybridized carbons (Fsp3) is 0.227. The van der Waals surface area contributed by atoms with E-state index in [9.17, 15) is 18.0 Å². The minimum atomic E-state index is -4.47. The summed E-state index contributed by atoms with van der Waals surface area (Å²) in [5, 5.41) is 11.1. The second-order valence-corrected chi connectivity index (χ2v) is 8.63. The predicted molar refractivity (Wildman–Crippen MR) is 118 cm³/mol. The van der Waals surface area contributed by atoms with Crippen LogP contribution < -0.4 is 5.32 Å². The number of nitrogens with zero attached hydrogens (tertiary/aromatic N) is 3. The van der Waals surface area contributed by atoms with Crippen LogP contribution in [0.2, 0.25) is 0 Å². The van der Waals surface area contributed by atoms with Gasteiger partial charge in [0.15, 0.2) is 11.0 Å². The Balaban J connectivity index is 1.73. The Bertz CT molecular complexity index is 1260. The highest BCUT2D eigenvalue weighted by atomic mass is 32.2. The number of aryl methyl sites for hydroxylation is 1. The first-order valence-corrected chi connectivity index (χ1v) is 10.7. The molecule has 32 heavy (non-hydrogen) atoms. The molecule has 2 aromatic heterocycles. The Kier molecular flexibility index (Phi) is 5.96. The summed E-state index contributed by atoms with van der Waals surface area (Å²) in [4.78, 5) is 15.4. The molecule has 6 nitrogen and oxygen atoms in total. The number of hydrogen-bond donors (Lipinski definition) is 2. The molecule has 1 atom stereocenters. The molecule has 2 aromatic carbocycles. The maximum absolute atomic E-state index is 12.5. The van der Waals surface area contributed by atoms with Gasteiger partial charge in [-0.1, -0.05) is 42.1 Å². The van der Waals surface area contributed by atoms with Gasteiger partial charge in [0.1, 0.15) is 6.54 Å². The lowest BCUT2D eigenvalue weighted by atomic mass is 10.1. The number of amides is 1. The molecule has 0 saturated carbocycles. The van der Waals surface area contributed by atoms with E-state index in [1.54, 1.807) is 0 Å². The second kappa shape index (κ2) is 8.70. The molecular formula is C22H20F3N5OS. The minimum absolute atomic E-state index is 0.408. The lowest BCUT2D eigenvalue weighted by Crippen LogP contribution is -2.38. The summed E-state index contributed by atoms with van der Waals surface area (Å²) in [5.41, 5.74) is 3.58. The molecule has 1 amide bonds. The summed E-state index contributed by atoms with van der Waals surface area (Å²) in [5.74, 6) is -0.154. The van der Waals surface area contributed by atoms with Gasteiger partial charge in [0.2, 0.25) is 5.91 Å². The fourth-order valence-electron chi connectivity index (χ4n) is 3.32. The van der Waals surface area contributed by atoms with Gasteiger partial charge in [-0.3, -0.25) is 9.36 Å². The topological polar surface area (TPSA) is 75.6 Å². The predicted octanol–water partition coefficient (Wildman–Crippen LogP) is 4.88. The highest BCUT2D eigenvalue weighted by molar-refractivity contribution is 8.00. The molecule has 10 heteroatoms. The minimum Gasteiger partial charge on any atom is -0.360 e. The summed E-state index contributed by atoms with van der Waals surface area (Å²) in [6, 6.07) is 15.5. The molecule has 0 aliphatic rings. The number of nitrogens with one attached hydrogen (secondary N) is 2. The van der Waals surface area contributed by atoms with Crippen LogP contribution in [0.1, 0.15) is 12.5 Å². The monoisotopic (exact) mass is 459 g/mol. The molecule has 2 heterocycles. The zero-order valence-corrected chi connectivity index (χ0v) is 18.1. The van der Waals surface area contributed by atoms with E-state index in [2.05, 4.69) is 15.2 Å². The zero-order chi connectivity index (χ0) is 22.9. The molecule has 4 aromatic rings. The normalized spacial score (nSPS) is 12.8. The molecular weight excluding hydrogens is 439 g/mol. The average molecular weight is 459 g/mol. The number of H-pyrrole nitrogens is 1. The first-order chi connectivity index (χ1) is 15.2. The molecule has 1 unspecified atom stereocenters. The quantitative estimate of drug-likeness (QED) is 0.403. The van der Waals surface area contributed by atoms with Gasteiger partial charge in [-0.25, -0.2) is 0 Å². The van der Waals surface area contributed by atoms with Crippen LogP contribution in [0.3, 0.4) is 0 Å². The van der Waals surface area contributed by atoms with Gasteiger partial charge >= 0.3 is 6.18 Å². The smallest absolute Gasteiger partial charge is 0.360 e. The molecule has 4 rings (SSSR count). The summed E-state index contributed by atoms with van der Waals surface area (Å²) < 4.78 is 39.2. The van der Waals surface area contributed by atoms with Gasteiger partial charge in [-0.05, 0) is 37.6 Å². The Morgan fingerprint density at radius 3 is 2.72 bits per heavy atom. The Hall–Kier alpha value is -3.27. The SMILES string of the molecule is Cc1cccc(-n2c(SC(C)C(=O)NCC(F)(F)F)nnc2-c2c[nH]c3ccccc23)c1. The van der Waals surface area contributed by atoms with Crippen LogP contribution in [-0.4, -0.2) is 43.6 Å². The second-order valence-electron chi connectivity index (χ2n) is 7.32. The van der Waals surface area contributed by atoms with Crippen LogP contribution >= 0.6 is 11.8 Å². The van der Waals surface area contributed by atoms with Gasteiger partial charge in [0, 0.05) is 28.4 Å². The van der Waals surface area contributed by atoms with Crippen molar-refractivity contribution in [2.45, 2.75) is 30.4 Å². The van der Waals surface area contributed by atoms with Crippen LogP contribution in [0.5, 0.6) is 0 Å². The van der Waals surface area contributed by atoms with Crippen molar-refractivity contribution in [3.63, 3.8) is 0 Å². The number of aromatic nitrogens is 4. The van der Waals surface area contributed by atoms with Crippen molar-refractivity contribution in [1.29, 1.82) is 0 Å². The highest BCUT2D eigenvalue weighted by Gasteiger charge is 2.29. The molecule has 0 spiro atoms. The van der Waals surface area contributed by atoms with Crippen LogP contribution in [0.25, 0.3) is 28.0 Å². The van der Waals surface area contributed by atoms with E-state index in [4.69, 9.17) is 0 Å². The van der Waals surface area contributed by atoms with Crippen molar-refractivity contribution in [2.75, 3.05) is 6.54 Å². The largest absolute Gasteiger partial charge is 0.405 e. The number of para-hydroxylation sites is 1. The lowest BCUT2D eigenvalue weighted by molar-refractivity contribution is -0.137. The number of carbonyl (C=O) groups is 1. The zero-order valence-electron chi connectivity index (χ0n) is 17.3. The van der Waals surface area contributed by atoms with Crippen molar-refractivity contribution in [2.24, 2.45) is 0 Å². The first-order valence-electron chi connectivity index (χ1n) is 9.83. The number of hydrogen-bond acceptors (Lipinski definition) is 4. The number of benzene rings is 2. The number of thioether (sulfide) groups is 1. The molecule has 0 aliphatic carbocycles. The van der Waals surface area contributed by atoms with Crippen molar-refractivity contribution < 1.29 is 18.0 Å². The van der Waals surface area contributed by atoms with E-state index in [-0.39, 0.29) is 0 Å². The third-order valence-electron chi connectivity index (χ3n) is 4.84. The van der Waals surface area contributed by atoms with E-state index in [0.29, 0.717) is 11.0 Å². The van der Waals surface area contributed by atoms with E-state index in [0.717, 1.165) is 39.5 Å². The summed E-state index contributed by atoms with van der Waals surface area (Å²) >= 11 is 1.05. The number of carbonyl (C=O) groups excluding carboxylic acids is 1. The maximum atomic E-state index is 12.5. The van der Waals surface area contributed by atoms with Gasteiger partial charge in [-0.2, -0.15) is 13.2 Å². The van der Waals surface area contributed by atoms with Crippen LogP contribution in [0.15, 0.2) is 59.9 Å². The molecule has 0 aliphatic heterocycles. The summed E-state index contributed by atoms with van der Waals surface area (Å²) in [6.07, 6.45) is -2.63. The van der Waals surface area contributed by atoms with E-state index in [1.165, 1.54) is 6.92 Å². The molecule has 2 N–H and O–H groups in total. The molecule has 166 valence electrons. The Morgan fingerprint density at radius 2 is 1.97 bits per heavy atom. The van der Waals surface area contributed by atoms with Crippen LogP contribution in [0.4, 0.5) is 13.2 Å². The third kappa shape index (κ3) is 4.64. The van der Waals surface area contributed by atoms with Crippen molar-refractivity contribution in [1.82, 2.24) is 25.1 Å². The maximum Gasteiger partial charge on any atom is 0.405 e. The number of fused-ring (bicyclic) bond motifs is 1. The number of aromatic amines is 1. The molecule has 0 fully saturated rings. The van der Waals surface area contributed by atoms with Gasteiger partial charge in [0.25, 0.3) is 0 Å². The standard InChI is InChI=1S/C22H20F3N5OS/c1-13-6-5-7-15(10-13)30-19(17-11-26-18-9-4-3-8-16(17)18)28-29-21(30)32-14(2)20(31)27-12-22(23,24)25/h3-11,14,26H,12H2,1-2H3,(H,27,31). The van der Waals surface area contributed by atoms with Crippen molar-refractivity contribution in [3.8, 4) is 17.1 Å². The summed E-state index contributed by atoms with van der Waals surface area (Å²) in [6.45, 7) is 2.12. The molecule has 0 radical (unpaired) electrons. The van der Waals surface area contributed by atoms with E-state index in [1.807, 2.05) is 71.5 Å². The van der Waals surface area contributed by atoms with E-state index < -0.39 is 23.9 Å². The van der Waals surface area contributed by atoms with Gasteiger partial charge < -0.3 is 10.3 Å². The van der Waals surface area contributed by atoms with Crippen molar-refractivity contribution in [3.05, 3.63) is 60.3 Å².